The van der Waals surface area contributed by atoms with Crippen molar-refractivity contribution in [1.29, 1.82) is 0 Å². The van der Waals surface area contributed by atoms with Crippen molar-refractivity contribution in [2.24, 2.45) is 17.0 Å². The van der Waals surface area contributed by atoms with E-state index in [0.29, 0.717) is 5.57 Å². The molecule has 0 aliphatic carbocycles. The van der Waals surface area contributed by atoms with Crippen molar-refractivity contribution < 1.29 is 48.6 Å². The summed E-state index contributed by atoms with van der Waals surface area (Å²) in [5.41, 5.74) is 5.72. The number of thioether (sulfide) groups is 1. The molecule has 2 unspecified atom stereocenters. The molecule has 0 spiro atoms. The number of amides is 2. The fraction of sp³-hybridized carbons (Fsp3) is 0.476. The smallest absolute Gasteiger partial charge is 0.352 e. The molecule has 4 heterocycles. The number of aliphatic carboxylic acids is 3. The molecule has 6 N–H and O–H groups in total. The number of hydrogen-bond acceptors (Lipinski definition) is 11. The van der Waals surface area contributed by atoms with Crippen molar-refractivity contribution in [1.82, 2.24) is 15.2 Å². The van der Waals surface area contributed by atoms with Gasteiger partial charge in [0, 0.05) is 16.7 Å². The Balaban J connectivity index is 1.53. The molecule has 2 amide bonds. The van der Waals surface area contributed by atoms with Gasteiger partial charge in [-0.1, -0.05) is 5.16 Å². The Kier molecular flexibility index (Phi) is 7.35. The van der Waals surface area contributed by atoms with Crippen LogP contribution < -0.4 is 11.1 Å². The van der Waals surface area contributed by atoms with Crippen molar-refractivity contribution in [2.45, 2.75) is 11.4 Å². The first-order valence-electron chi connectivity index (χ1n) is 11.2. The number of anilines is 1. The Morgan fingerprint density at radius 3 is 2.37 bits per heavy atom. The van der Waals surface area contributed by atoms with E-state index in [4.69, 9.17) is 10.6 Å². The highest BCUT2D eigenvalue weighted by molar-refractivity contribution is 8.00. The lowest BCUT2D eigenvalue weighted by Crippen LogP contribution is -2.71. The van der Waals surface area contributed by atoms with Crippen LogP contribution in [0.1, 0.15) is 5.69 Å². The van der Waals surface area contributed by atoms with Crippen molar-refractivity contribution >= 4 is 63.7 Å². The molecule has 2 saturated heterocycles. The lowest BCUT2D eigenvalue weighted by molar-refractivity contribution is -0.895. The fourth-order valence-electron chi connectivity index (χ4n) is 5.08. The molecular weight excluding hydrogens is 544 g/mol. The van der Waals surface area contributed by atoms with Crippen LogP contribution in [-0.2, 0) is 28.8 Å². The van der Waals surface area contributed by atoms with Gasteiger partial charge in [-0.2, -0.15) is 0 Å². The summed E-state index contributed by atoms with van der Waals surface area (Å²) in [6.45, 7) is 0.0734. The summed E-state index contributed by atoms with van der Waals surface area (Å²) in [4.78, 5) is 71.2. The lowest BCUT2D eigenvalue weighted by Gasteiger charge is -2.49. The number of oxime groups is 1. The second-order valence-corrected chi connectivity index (χ2v) is 11.3. The van der Waals surface area contributed by atoms with E-state index in [1.165, 1.54) is 24.3 Å². The minimum atomic E-state index is -1.35. The molecule has 0 saturated carbocycles. The molecule has 0 radical (unpaired) electrons. The third-order valence-corrected chi connectivity index (χ3v) is 8.68. The minimum absolute atomic E-state index is 0.00107. The maximum atomic E-state index is 13.0. The number of carbonyl (C=O) groups excluding carboxylic acids is 2. The number of nitrogens with one attached hydrogen (secondary N) is 1. The highest BCUT2D eigenvalue weighted by atomic mass is 32.2. The Morgan fingerprint density at radius 2 is 1.87 bits per heavy atom. The molecule has 4 rings (SSSR count). The first-order chi connectivity index (χ1) is 17.9. The predicted octanol–water partition coefficient (Wildman–Crippen LogP) is -1.32. The van der Waals surface area contributed by atoms with E-state index in [1.54, 1.807) is 7.05 Å². The normalized spacial score (nSPS) is 28.9. The molecule has 0 aromatic carbocycles. The van der Waals surface area contributed by atoms with Crippen molar-refractivity contribution in [3.63, 3.8) is 0 Å². The van der Waals surface area contributed by atoms with Gasteiger partial charge in [0.15, 0.2) is 10.8 Å². The van der Waals surface area contributed by atoms with Crippen LogP contribution in [0.3, 0.4) is 0 Å². The molecule has 3 aliphatic heterocycles. The number of carboxylic acids is 3. The number of β-lactam (4-membered cyclic amide) rings is 1. The zero-order valence-corrected chi connectivity index (χ0v) is 21.8. The van der Waals surface area contributed by atoms with Crippen molar-refractivity contribution in [3.05, 3.63) is 22.3 Å². The Morgan fingerprint density at radius 1 is 1.24 bits per heavy atom. The molecule has 2 fully saturated rings. The van der Waals surface area contributed by atoms with Gasteiger partial charge in [0.1, 0.15) is 48.3 Å². The molecular formula is C21H25N6O9S2+. The van der Waals surface area contributed by atoms with Gasteiger partial charge in [0.2, 0.25) is 0 Å². The molecule has 3 aliphatic rings. The largest absolute Gasteiger partial charge is 0.481 e. The predicted molar refractivity (Wildman–Crippen MR) is 133 cm³/mol. The van der Waals surface area contributed by atoms with E-state index in [-0.39, 0.29) is 52.1 Å². The Labute approximate surface area is 223 Å². The van der Waals surface area contributed by atoms with E-state index < -0.39 is 53.0 Å². The summed E-state index contributed by atoms with van der Waals surface area (Å²) in [5.74, 6) is -7.23. The molecule has 1 aromatic rings. The van der Waals surface area contributed by atoms with Gasteiger partial charge >= 0.3 is 17.9 Å². The van der Waals surface area contributed by atoms with Crippen LogP contribution in [0.25, 0.3) is 0 Å². The van der Waals surface area contributed by atoms with Gasteiger partial charge in [-0.3, -0.25) is 24.1 Å². The molecule has 15 nitrogen and oxygen atoms in total. The monoisotopic (exact) mass is 569 g/mol. The van der Waals surface area contributed by atoms with Crippen LogP contribution in [0.2, 0.25) is 0 Å². The van der Waals surface area contributed by atoms with Gasteiger partial charge in [0.25, 0.3) is 11.8 Å². The van der Waals surface area contributed by atoms with Gasteiger partial charge in [-0.25, -0.2) is 9.78 Å². The van der Waals surface area contributed by atoms with Gasteiger partial charge < -0.3 is 35.7 Å². The number of rotatable bonds is 9. The summed E-state index contributed by atoms with van der Waals surface area (Å²) in [7, 11) is 2.91. The van der Waals surface area contributed by atoms with Crippen LogP contribution in [0.15, 0.2) is 21.8 Å². The van der Waals surface area contributed by atoms with Gasteiger partial charge in [-0.05, 0) is 0 Å². The second kappa shape index (κ2) is 10.2. The molecule has 17 heteroatoms. The first-order valence-corrected chi connectivity index (χ1v) is 13.1. The van der Waals surface area contributed by atoms with Crippen LogP contribution in [-0.4, -0.2) is 116 Å². The first kappa shape index (κ1) is 27.3. The van der Waals surface area contributed by atoms with Gasteiger partial charge in [-0.15, -0.1) is 23.1 Å². The topological polar surface area (TPSA) is 222 Å². The molecule has 38 heavy (non-hydrogen) atoms. The van der Waals surface area contributed by atoms with E-state index in [0.717, 1.165) is 16.2 Å². The van der Waals surface area contributed by atoms with Crippen molar-refractivity contribution in [2.75, 3.05) is 45.3 Å². The maximum Gasteiger partial charge on any atom is 0.352 e. The average molecular weight is 570 g/mol. The third kappa shape index (κ3) is 4.91. The highest BCUT2D eigenvalue weighted by Gasteiger charge is 2.56. The second-order valence-electron chi connectivity index (χ2n) is 9.34. The lowest BCUT2D eigenvalue weighted by atomic mass is 9.97. The zero-order valence-electron chi connectivity index (χ0n) is 20.2. The van der Waals surface area contributed by atoms with E-state index in [9.17, 15) is 39.3 Å². The average Bonchev–Trinajstić information content (AvgIpc) is 3.43. The summed E-state index contributed by atoms with van der Waals surface area (Å²) < 4.78 is 0.00107. The van der Waals surface area contributed by atoms with E-state index in [2.05, 4.69) is 15.5 Å². The third-order valence-electron chi connectivity index (χ3n) is 6.67. The van der Waals surface area contributed by atoms with Crippen LogP contribution >= 0.6 is 23.1 Å². The van der Waals surface area contributed by atoms with Crippen molar-refractivity contribution in [3.8, 4) is 0 Å². The van der Waals surface area contributed by atoms with Gasteiger partial charge in [0.05, 0.1) is 20.1 Å². The SMILES string of the molecule is CO/N=C(\C(=O)N[C@@H]1C(=O)N2C(C(=O)O)=C(C[N+]3(C)CC(C(=O)O)C(C(=O)O)C3)CS[C@H]12)c1csc(N)n1. The molecule has 204 valence electrons. The summed E-state index contributed by atoms with van der Waals surface area (Å²) >= 11 is 2.33. The zero-order chi connectivity index (χ0) is 27.9. The summed E-state index contributed by atoms with van der Waals surface area (Å²) in [6.07, 6.45) is 0. The minimum Gasteiger partial charge on any atom is -0.481 e. The fourth-order valence-corrected chi connectivity index (χ4v) is 6.96. The number of nitrogens with zero attached hydrogens (tertiary/aromatic N) is 4. The quantitative estimate of drug-likeness (QED) is 0.101. The number of carbonyl (C=O) groups is 5. The standard InChI is InChI=1S/C21H24N6O9S2/c1-27(4-9(18(30)31)10(5-27)19(32)33)3-8-6-37-17-13(16(29)26(17)14(8)20(34)35)24-15(28)12(25-36-2)11-7-38-21(22)23-11/h7,9-10,13,17H,3-6H2,1-2H3,(H5-,22,23,24,28,30,31,32,33,34,35)/p+1/b25-12-/t9?,10?,13-,17-,27?/m1/s1. The number of fused-ring (bicyclic) bond motifs is 1. The van der Waals surface area contributed by atoms with Crippen LogP contribution in [0.5, 0.6) is 0 Å². The number of nitrogen functional groups attached to an aromatic ring is 1. The highest BCUT2D eigenvalue weighted by Crippen LogP contribution is 2.42. The number of likely N-dealkylation sites (tertiary alicyclic amines) is 1. The Hall–Kier alpha value is -3.70. The number of hydrogen-bond donors (Lipinski definition) is 5. The van der Waals surface area contributed by atoms with Crippen LogP contribution in [0, 0.1) is 11.8 Å². The molecule has 1 aromatic heterocycles. The van der Waals surface area contributed by atoms with E-state index in [1.807, 2.05) is 0 Å². The number of quaternary nitrogens is 1. The van der Waals surface area contributed by atoms with E-state index >= 15 is 0 Å². The molecule has 0 bridgehead atoms. The summed E-state index contributed by atoms with van der Waals surface area (Å²) in [5, 5.41) is 36.2. The number of aromatic nitrogens is 1. The molecule has 4 atom stereocenters. The number of nitrogens with two attached hydrogens (primary N) is 1. The number of thiazole rings is 1. The summed E-state index contributed by atoms with van der Waals surface area (Å²) in [6, 6.07) is -1.04. The van der Waals surface area contributed by atoms with Crippen LogP contribution in [0.4, 0.5) is 5.13 Å². The maximum absolute atomic E-state index is 13.0. The number of carboxylic acid groups (broad SMARTS) is 3. The Bertz CT molecular complexity index is 1260. The number of likely N-dealkylation sites (N-methyl/N-ethyl adjacent to an activating group) is 1.